The predicted molar refractivity (Wildman–Crippen MR) is 109 cm³/mol. The van der Waals surface area contributed by atoms with Crippen LogP contribution in [0.5, 0.6) is 0 Å². The first kappa shape index (κ1) is 19.4. The van der Waals surface area contributed by atoms with Gasteiger partial charge in [0.25, 0.3) is 0 Å². The normalized spacial score (nSPS) is 21.1. The van der Waals surface area contributed by atoms with E-state index in [9.17, 15) is 12.8 Å². The Kier molecular flexibility index (Phi) is 4.52. The summed E-state index contributed by atoms with van der Waals surface area (Å²) >= 11 is 0. The van der Waals surface area contributed by atoms with Crippen molar-refractivity contribution in [3.05, 3.63) is 65.8 Å². The van der Waals surface area contributed by atoms with E-state index >= 15 is 0 Å². The van der Waals surface area contributed by atoms with E-state index in [-0.39, 0.29) is 16.2 Å². The molecule has 1 aliphatic heterocycles. The molecule has 1 aromatic heterocycles. The first-order valence-electron chi connectivity index (χ1n) is 10.0. The molecule has 2 fully saturated rings. The Morgan fingerprint density at radius 2 is 1.83 bits per heavy atom. The predicted octanol–water partition coefficient (Wildman–Crippen LogP) is 4.14. The fraction of sp³-hybridized carbons (Fsp3) is 0.364. The van der Waals surface area contributed by atoms with E-state index in [1.54, 1.807) is 13.0 Å². The van der Waals surface area contributed by atoms with Gasteiger partial charge < -0.3 is 4.42 Å². The molecule has 1 saturated carbocycles. The Labute approximate surface area is 174 Å². The van der Waals surface area contributed by atoms with Crippen molar-refractivity contribution < 1.29 is 17.2 Å². The highest BCUT2D eigenvalue weighted by molar-refractivity contribution is 7.89. The summed E-state index contributed by atoms with van der Waals surface area (Å²) in [6.07, 6.45) is 2.32. The van der Waals surface area contributed by atoms with Crippen molar-refractivity contribution in [2.75, 3.05) is 13.1 Å². The van der Waals surface area contributed by atoms with Crippen molar-refractivity contribution in [2.24, 2.45) is 5.41 Å². The number of halogens is 1. The Bertz CT molecular complexity index is 1190. The summed E-state index contributed by atoms with van der Waals surface area (Å²) in [5, 5.41) is 8.42. The van der Waals surface area contributed by atoms with Crippen molar-refractivity contribution in [2.45, 2.75) is 37.0 Å². The maximum atomic E-state index is 14.2. The second kappa shape index (κ2) is 6.99. The van der Waals surface area contributed by atoms with E-state index < -0.39 is 15.8 Å². The van der Waals surface area contributed by atoms with Gasteiger partial charge in [-0.25, -0.2) is 12.8 Å². The van der Waals surface area contributed by atoms with Gasteiger partial charge in [0.05, 0.1) is 0 Å². The zero-order valence-electron chi connectivity index (χ0n) is 16.6. The lowest BCUT2D eigenvalue weighted by molar-refractivity contribution is 0.245. The molecule has 2 aliphatic rings. The molecule has 3 aromatic rings. The third kappa shape index (κ3) is 3.24. The quantitative estimate of drug-likeness (QED) is 0.625. The summed E-state index contributed by atoms with van der Waals surface area (Å²) in [4.78, 5) is -0.241. The molecule has 0 N–H and O–H groups in total. The molecule has 0 bridgehead atoms. The van der Waals surface area contributed by atoms with Crippen LogP contribution in [0.3, 0.4) is 0 Å². The number of aryl methyl sites for hydroxylation is 1. The minimum Gasteiger partial charge on any atom is -0.420 e. The van der Waals surface area contributed by atoms with Gasteiger partial charge in [-0.3, -0.25) is 0 Å². The van der Waals surface area contributed by atoms with Crippen LogP contribution in [0, 0.1) is 18.2 Å². The van der Waals surface area contributed by atoms with Crippen molar-refractivity contribution in [1.29, 1.82) is 0 Å². The molecular formula is C22H22FN3O3S. The van der Waals surface area contributed by atoms with Gasteiger partial charge in [0, 0.05) is 24.6 Å². The second-order valence-corrected chi connectivity index (χ2v) is 10.2. The van der Waals surface area contributed by atoms with Crippen molar-refractivity contribution in [1.82, 2.24) is 14.5 Å². The molecule has 2 heterocycles. The maximum Gasteiger partial charge on any atom is 0.247 e. The van der Waals surface area contributed by atoms with Crippen LogP contribution in [-0.4, -0.2) is 36.0 Å². The average molecular weight is 428 g/mol. The molecule has 1 aliphatic carbocycles. The van der Waals surface area contributed by atoms with Crippen molar-refractivity contribution in [3.63, 3.8) is 0 Å². The summed E-state index contributed by atoms with van der Waals surface area (Å²) < 4.78 is 47.4. The van der Waals surface area contributed by atoms with E-state index in [2.05, 4.69) is 10.2 Å². The number of hydrogen-bond acceptors (Lipinski definition) is 5. The number of rotatable bonds is 4. The van der Waals surface area contributed by atoms with Crippen LogP contribution in [0.1, 0.15) is 36.6 Å². The van der Waals surface area contributed by atoms with Crippen LogP contribution in [-0.2, 0) is 10.0 Å². The minimum absolute atomic E-state index is 0.00232. The lowest BCUT2D eigenvalue weighted by Gasteiger charge is -2.32. The van der Waals surface area contributed by atoms with Gasteiger partial charge in [-0.15, -0.1) is 10.2 Å². The highest BCUT2D eigenvalue weighted by Gasteiger charge is 2.59. The highest BCUT2D eigenvalue weighted by atomic mass is 32.2. The molecule has 1 saturated heterocycles. The summed E-state index contributed by atoms with van der Waals surface area (Å²) in [6.45, 7) is 2.49. The van der Waals surface area contributed by atoms with Crippen LogP contribution in [0.15, 0.2) is 57.8 Å². The second-order valence-electron chi connectivity index (χ2n) is 8.27. The molecule has 8 heteroatoms. The van der Waals surface area contributed by atoms with E-state index in [1.807, 2.05) is 30.3 Å². The van der Waals surface area contributed by atoms with E-state index in [1.165, 1.54) is 16.4 Å². The fourth-order valence-corrected chi connectivity index (χ4v) is 6.03. The Morgan fingerprint density at radius 3 is 2.57 bits per heavy atom. The Balaban J connectivity index is 1.29. The van der Waals surface area contributed by atoms with Gasteiger partial charge in [-0.1, -0.05) is 24.3 Å². The molecular weight excluding hydrogens is 405 g/mol. The smallest absolute Gasteiger partial charge is 0.247 e. The van der Waals surface area contributed by atoms with Gasteiger partial charge in [0.15, 0.2) is 0 Å². The first-order valence-corrected chi connectivity index (χ1v) is 11.5. The van der Waals surface area contributed by atoms with Crippen LogP contribution >= 0.6 is 0 Å². The Hall–Kier alpha value is -2.58. The molecule has 1 atom stereocenters. The third-order valence-electron chi connectivity index (χ3n) is 6.37. The minimum atomic E-state index is -3.84. The zero-order valence-corrected chi connectivity index (χ0v) is 17.4. The number of aromatic nitrogens is 2. The van der Waals surface area contributed by atoms with Crippen LogP contribution in [0.2, 0.25) is 0 Å². The molecule has 5 rings (SSSR count). The zero-order chi connectivity index (χ0) is 20.9. The molecule has 156 valence electrons. The molecule has 2 aromatic carbocycles. The number of sulfonamides is 1. The fourth-order valence-electron chi connectivity index (χ4n) is 4.44. The molecule has 0 amide bonds. The number of nitrogens with zero attached hydrogens (tertiary/aromatic N) is 3. The Morgan fingerprint density at radius 1 is 1.10 bits per heavy atom. The van der Waals surface area contributed by atoms with Gasteiger partial charge in [0.1, 0.15) is 10.7 Å². The molecule has 0 unspecified atom stereocenters. The van der Waals surface area contributed by atoms with E-state index in [4.69, 9.17) is 4.42 Å². The molecule has 0 radical (unpaired) electrons. The molecule has 30 heavy (non-hydrogen) atoms. The van der Waals surface area contributed by atoms with Gasteiger partial charge in [-0.05, 0) is 61.4 Å². The lowest BCUT2D eigenvalue weighted by Crippen LogP contribution is -2.39. The van der Waals surface area contributed by atoms with Crippen molar-refractivity contribution >= 4 is 10.0 Å². The number of benzene rings is 2. The number of hydrogen-bond donors (Lipinski definition) is 0. The SMILES string of the molecule is Cc1ccc(F)c(S(=O)(=O)N2CCC3(CC2)C[C@H]3c2nnc(-c3ccccc3)o2)c1. The van der Waals surface area contributed by atoms with E-state index in [0.29, 0.717) is 37.7 Å². The monoisotopic (exact) mass is 427 g/mol. The average Bonchev–Trinajstić information content (AvgIpc) is 3.21. The van der Waals surface area contributed by atoms with Crippen LogP contribution in [0.4, 0.5) is 4.39 Å². The summed E-state index contributed by atoms with van der Waals surface area (Å²) in [5.41, 5.74) is 1.60. The first-order chi connectivity index (χ1) is 14.4. The standard InChI is InChI=1S/C22H22FN3O3S/c1-15-7-8-18(23)19(13-15)30(27,28)26-11-9-22(10-12-26)14-17(22)21-25-24-20(29-21)16-5-3-2-4-6-16/h2-8,13,17H,9-12,14H2,1H3/t17-/m0/s1. The van der Waals surface area contributed by atoms with Crippen LogP contribution in [0.25, 0.3) is 11.5 Å². The maximum absolute atomic E-state index is 14.2. The molecule has 6 nitrogen and oxygen atoms in total. The van der Waals surface area contributed by atoms with E-state index in [0.717, 1.165) is 17.5 Å². The largest absolute Gasteiger partial charge is 0.420 e. The lowest BCUT2D eigenvalue weighted by atomic mass is 9.92. The summed E-state index contributed by atoms with van der Waals surface area (Å²) in [5.74, 6) is 0.574. The highest BCUT2D eigenvalue weighted by Crippen LogP contribution is 2.64. The topological polar surface area (TPSA) is 76.3 Å². The van der Waals surface area contributed by atoms with Gasteiger partial charge >= 0.3 is 0 Å². The summed E-state index contributed by atoms with van der Waals surface area (Å²) in [7, 11) is -3.84. The third-order valence-corrected chi connectivity index (χ3v) is 8.29. The van der Waals surface area contributed by atoms with Crippen LogP contribution < -0.4 is 0 Å². The number of piperidine rings is 1. The van der Waals surface area contributed by atoms with Gasteiger partial charge in [-0.2, -0.15) is 4.31 Å². The van der Waals surface area contributed by atoms with Gasteiger partial charge in [0.2, 0.25) is 21.8 Å². The van der Waals surface area contributed by atoms with Crippen molar-refractivity contribution in [3.8, 4) is 11.5 Å². The summed E-state index contributed by atoms with van der Waals surface area (Å²) in [6, 6.07) is 13.8. The molecule has 1 spiro atoms.